The number of aromatic nitrogens is 2. The first-order valence-electron chi connectivity index (χ1n) is 5.28. The summed E-state index contributed by atoms with van der Waals surface area (Å²) in [6.07, 6.45) is 0. The number of nitrogens with one attached hydrogen (secondary N) is 1. The van der Waals surface area contributed by atoms with Crippen LogP contribution >= 0.6 is 0 Å². The van der Waals surface area contributed by atoms with Gasteiger partial charge >= 0.3 is 0 Å². The highest BCUT2D eigenvalue weighted by Gasteiger charge is 2.14. The van der Waals surface area contributed by atoms with Gasteiger partial charge < -0.3 is 10.4 Å². The molecule has 0 aliphatic heterocycles. The fourth-order valence-electron chi connectivity index (χ4n) is 1.50. The van der Waals surface area contributed by atoms with Crippen molar-refractivity contribution in [2.24, 2.45) is 7.05 Å². The number of phenols is 1. The number of halogens is 1. The third kappa shape index (κ3) is 2.32. The fourth-order valence-corrected chi connectivity index (χ4v) is 1.50. The van der Waals surface area contributed by atoms with Crippen LogP contribution in [0.1, 0.15) is 16.1 Å². The number of rotatable bonds is 2. The summed E-state index contributed by atoms with van der Waals surface area (Å²) in [5.41, 5.74) is 0.743. The maximum absolute atomic E-state index is 13.0. The lowest BCUT2D eigenvalue weighted by Gasteiger charge is -2.04. The second-order valence-corrected chi connectivity index (χ2v) is 3.91. The molecule has 0 atom stereocenters. The molecule has 1 aromatic carbocycles. The summed E-state index contributed by atoms with van der Waals surface area (Å²) in [7, 11) is 1.74. The predicted octanol–water partition coefficient (Wildman–Crippen LogP) is 1.83. The van der Waals surface area contributed by atoms with E-state index in [1.165, 1.54) is 0 Å². The lowest BCUT2D eigenvalue weighted by atomic mass is 10.2. The third-order valence-corrected chi connectivity index (χ3v) is 2.56. The smallest absolute Gasteiger partial charge is 0.260 e. The van der Waals surface area contributed by atoms with Crippen LogP contribution in [0.15, 0.2) is 24.3 Å². The second kappa shape index (κ2) is 4.48. The number of amides is 1. The Morgan fingerprint density at radius 3 is 2.78 bits per heavy atom. The molecular weight excluding hydrogens is 237 g/mol. The van der Waals surface area contributed by atoms with Gasteiger partial charge in [-0.3, -0.25) is 9.48 Å². The Bertz CT molecular complexity index is 588. The fraction of sp³-hybridized carbons (Fsp3) is 0.167. The number of phenolic OH excluding ortho intramolecular Hbond substituents is 1. The van der Waals surface area contributed by atoms with Gasteiger partial charge in [-0.1, -0.05) is 0 Å². The van der Waals surface area contributed by atoms with Crippen molar-refractivity contribution in [3.63, 3.8) is 0 Å². The van der Waals surface area contributed by atoms with Gasteiger partial charge in [-0.25, -0.2) is 4.39 Å². The van der Waals surface area contributed by atoms with Crippen LogP contribution in [0.25, 0.3) is 0 Å². The van der Waals surface area contributed by atoms with E-state index in [2.05, 4.69) is 10.4 Å². The number of hydrogen-bond donors (Lipinski definition) is 2. The Morgan fingerprint density at radius 2 is 2.17 bits per heavy atom. The van der Waals surface area contributed by atoms with Crippen molar-refractivity contribution in [1.29, 1.82) is 0 Å². The van der Waals surface area contributed by atoms with Crippen molar-refractivity contribution < 1.29 is 14.3 Å². The van der Waals surface area contributed by atoms with E-state index < -0.39 is 11.7 Å². The number of carbonyl (C=O) groups is 1. The highest BCUT2D eigenvalue weighted by atomic mass is 19.1. The molecule has 0 spiro atoms. The third-order valence-electron chi connectivity index (χ3n) is 2.56. The van der Waals surface area contributed by atoms with Crippen LogP contribution < -0.4 is 5.32 Å². The van der Waals surface area contributed by atoms with Gasteiger partial charge in [0.1, 0.15) is 11.6 Å². The summed E-state index contributed by atoms with van der Waals surface area (Å²) in [5, 5.41) is 16.0. The number of anilines is 1. The molecule has 1 aromatic heterocycles. The van der Waals surface area contributed by atoms with Crippen molar-refractivity contribution in [3.8, 4) is 5.75 Å². The summed E-state index contributed by atoms with van der Waals surface area (Å²) in [4.78, 5) is 11.8. The van der Waals surface area contributed by atoms with Crippen LogP contribution in [0.5, 0.6) is 5.75 Å². The highest BCUT2D eigenvalue weighted by Crippen LogP contribution is 2.19. The van der Waals surface area contributed by atoms with E-state index in [-0.39, 0.29) is 11.3 Å². The maximum atomic E-state index is 13.0. The normalized spacial score (nSPS) is 10.4. The SMILES string of the molecule is Cc1cc(NC(=O)c2cc(F)ccc2O)nn1C. The van der Waals surface area contributed by atoms with Crippen molar-refractivity contribution in [2.75, 3.05) is 5.32 Å². The monoisotopic (exact) mass is 249 g/mol. The Balaban J connectivity index is 2.24. The standard InChI is InChI=1S/C12H12FN3O2/c1-7-5-11(15-16(7)2)14-12(18)9-6-8(13)3-4-10(9)17/h3-6,17H,1-2H3,(H,14,15,18). The topological polar surface area (TPSA) is 67.2 Å². The molecule has 0 aliphatic carbocycles. The number of aryl methyl sites for hydroxylation is 2. The van der Waals surface area contributed by atoms with E-state index in [4.69, 9.17) is 0 Å². The Morgan fingerprint density at radius 1 is 1.44 bits per heavy atom. The van der Waals surface area contributed by atoms with Gasteiger partial charge in [-0.05, 0) is 25.1 Å². The lowest BCUT2D eigenvalue weighted by molar-refractivity contribution is 0.102. The minimum Gasteiger partial charge on any atom is -0.507 e. The van der Waals surface area contributed by atoms with Crippen LogP contribution in [0, 0.1) is 12.7 Å². The first-order chi connectivity index (χ1) is 8.47. The van der Waals surface area contributed by atoms with Crippen LogP contribution in [0.4, 0.5) is 10.2 Å². The molecule has 2 rings (SSSR count). The quantitative estimate of drug-likeness (QED) is 0.853. The van der Waals surface area contributed by atoms with E-state index in [9.17, 15) is 14.3 Å². The van der Waals surface area contributed by atoms with Gasteiger partial charge in [0.05, 0.1) is 5.56 Å². The molecule has 1 heterocycles. The predicted molar refractivity (Wildman–Crippen MR) is 64.0 cm³/mol. The van der Waals surface area contributed by atoms with Crippen LogP contribution in [0.3, 0.4) is 0 Å². The van der Waals surface area contributed by atoms with Gasteiger partial charge in [0.15, 0.2) is 5.82 Å². The molecular formula is C12H12FN3O2. The summed E-state index contributed by atoms with van der Waals surface area (Å²) in [6, 6.07) is 4.86. The molecule has 0 fully saturated rings. The Hall–Kier alpha value is -2.37. The number of carbonyl (C=O) groups excluding carboxylic acids is 1. The molecule has 5 nitrogen and oxygen atoms in total. The van der Waals surface area contributed by atoms with Crippen LogP contribution in [-0.2, 0) is 7.05 Å². The number of nitrogens with zero attached hydrogens (tertiary/aromatic N) is 2. The highest BCUT2D eigenvalue weighted by molar-refractivity contribution is 6.05. The average Bonchev–Trinajstić information content (AvgIpc) is 2.61. The van der Waals surface area contributed by atoms with E-state index >= 15 is 0 Å². The molecule has 0 aliphatic rings. The van der Waals surface area contributed by atoms with Gasteiger partial charge in [0.25, 0.3) is 5.91 Å². The number of aromatic hydroxyl groups is 1. The van der Waals surface area contributed by atoms with Crippen molar-refractivity contribution in [3.05, 3.63) is 41.3 Å². The van der Waals surface area contributed by atoms with Gasteiger partial charge in [-0.2, -0.15) is 5.10 Å². The van der Waals surface area contributed by atoms with Crippen molar-refractivity contribution in [1.82, 2.24) is 9.78 Å². The molecule has 2 N–H and O–H groups in total. The summed E-state index contributed by atoms with van der Waals surface area (Å²) in [6.45, 7) is 1.84. The van der Waals surface area contributed by atoms with Gasteiger partial charge in [0.2, 0.25) is 0 Å². The molecule has 0 bridgehead atoms. The Kier molecular flexibility index (Phi) is 3.01. The van der Waals surface area contributed by atoms with E-state index in [0.717, 1.165) is 23.9 Å². The molecule has 1 amide bonds. The first-order valence-corrected chi connectivity index (χ1v) is 5.28. The van der Waals surface area contributed by atoms with Crippen molar-refractivity contribution >= 4 is 11.7 Å². The van der Waals surface area contributed by atoms with Crippen LogP contribution in [0.2, 0.25) is 0 Å². The zero-order valence-electron chi connectivity index (χ0n) is 9.94. The average molecular weight is 249 g/mol. The zero-order chi connectivity index (χ0) is 13.3. The molecule has 18 heavy (non-hydrogen) atoms. The zero-order valence-corrected chi connectivity index (χ0v) is 9.94. The van der Waals surface area contributed by atoms with Gasteiger partial charge in [0, 0.05) is 18.8 Å². The molecule has 6 heteroatoms. The Labute approximate surface area is 103 Å². The molecule has 94 valence electrons. The van der Waals surface area contributed by atoms with E-state index in [1.54, 1.807) is 17.8 Å². The lowest BCUT2D eigenvalue weighted by Crippen LogP contribution is -2.13. The summed E-state index contributed by atoms with van der Waals surface area (Å²) >= 11 is 0. The van der Waals surface area contributed by atoms with Crippen LogP contribution in [-0.4, -0.2) is 20.8 Å². The molecule has 0 saturated heterocycles. The molecule has 2 aromatic rings. The maximum Gasteiger partial charge on any atom is 0.260 e. The van der Waals surface area contributed by atoms with Crippen molar-refractivity contribution in [2.45, 2.75) is 6.92 Å². The number of benzene rings is 1. The van der Waals surface area contributed by atoms with E-state index in [0.29, 0.717) is 5.82 Å². The second-order valence-electron chi connectivity index (χ2n) is 3.91. The first kappa shape index (κ1) is 12.1. The molecule has 0 unspecified atom stereocenters. The van der Waals surface area contributed by atoms with E-state index in [1.807, 2.05) is 6.92 Å². The summed E-state index contributed by atoms with van der Waals surface area (Å²) in [5.74, 6) is -1.12. The largest absolute Gasteiger partial charge is 0.507 e. The van der Waals surface area contributed by atoms with Gasteiger partial charge in [-0.15, -0.1) is 0 Å². The molecule has 0 radical (unpaired) electrons. The molecule has 0 saturated carbocycles. The minimum absolute atomic E-state index is 0.127. The summed E-state index contributed by atoms with van der Waals surface area (Å²) < 4.78 is 14.6. The number of hydrogen-bond acceptors (Lipinski definition) is 3. The minimum atomic E-state index is -0.606.